The fourth-order valence-electron chi connectivity index (χ4n) is 3.01. The highest BCUT2D eigenvalue weighted by Gasteiger charge is 2.29. The third-order valence-electron chi connectivity index (χ3n) is 4.54. The van der Waals surface area contributed by atoms with E-state index in [9.17, 15) is 9.90 Å². The lowest BCUT2D eigenvalue weighted by molar-refractivity contribution is -0.0376. The first-order chi connectivity index (χ1) is 11.0. The van der Waals surface area contributed by atoms with E-state index in [0.29, 0.717) is 26.1 Å². The van der Waals surface area contributed by atoms with Crippen molar-refractivity contribution in [1.29, 1.82) is 0 Å². The van der Waals surface area contributed by atoms with E-state index < -0.39 is 6.10 Å². The zero-order valence-electron chi connectivity index (χ0n) is 14.2. The highest BCUT2D eigenvalue weighted by atomic mass is 16.5. The molecule has 0 spiro atoms. The van der Waals surface area contributed by atoms with E-state index in [1.165, 1.54) is 0 Å². The van der Waals surface area contributed by atoms with Gasteiger partial charge in [0.05, 0.1) is 24.9 Å². The van der Waals surface area contributed by atoms with Crippen molar-refractivity contribution >= 4 is 6.03 Å². The monoisotopic (exact) mass is 320 g/mol. The van der Waals surface area contributed by atoms with Crippen molar-refractivity contribution in [3.8, 4) is 0 Å². The SMILES string of the molecule is CC(O)CC(CNC(=O)N1CCOC(C)C1C)c1ccccc1. The number of urea groups is 1. The van der Waals surface area contributed by atoms with Gasteiger partial charge in [0.2, 0.25) is 0 Å². The van der Waals surface area contributed by atoms with Crippen LogP contribution in [-0.2, 0) is 4.74 Å². The Kier molecular flexibility index (Phi) is 6.42. The van der Waals surface area contributed by atoms with Crippen molar-refractivity contribution in [2.24, 2.45) is 0 Å². The second-order valence-electron chi connectivity index (χ2n) is 6.39. The molecule has 0 aromatic heterocycles. The minimum Gasteiger partial charge on any atom is -0.393 e. The zero-order chi connectivity index (χ0) is 16.8. The summed E-state index contributed by atoms with van der Waals surface area (Å²) < 4.78 is 5.56. The molecule has 0 saturated carbocycles. The van der Waals surface area contributed by atoms with E-state index in [1.54, 1.807) is 6.92 Å². The average molecular weight is 320 g/mol. The molecule has 0 aliphatic carbocycles. The van der Waals surface area contributed by atoms with Gasteiger partial charge in [0.15, 0.2) is 0 Å². The smallest absolute Gasteiger partial charge is 0.317 e. The molecule has 4 atom stereocenters. The maximum atomic E-state index is 12.5. The summed E-state index contributed by atoms with van der Waals surface area (Å²) in [5.74, 6) is 0.105. The van der Waals surface area contributed by atoms with Crippen LogP contribution in [0.25, 0.3) is 0 Å². The zero-order valence-corrected chi connectivity index (χ0v) is 14.2. The van der Waals surface area contributed by atoms with Crippen LogP contribution in [0.4, 0.5) is 4.79 Å². The standard InChI is InChI=1S/C18H28N2O3/c1-13(21)11-17(16-7-5-4-6-8-16)12-19-18(22)20-9-10-23-15(3)14(20)2/h4-8,13-15,17,21H,9-12H2,1-3H3,(H,19,22). The summed E-state index contributed by atoms with van der Waals surface area (Å²) in [6.07, 6.45) is 0.274. The Hall–Kier alpha value is -1.59. The predicted octanol–water partition coefficient (Wildman–Crippen LogP) is 2.36. The van der Waals surface area contributed by atoms with Crippen LogP contribution < -0.4 is 5.32 Å². The van der Waals surface area contributed by atoms with Crippen LogP contribution in [0.15, 0.2) is 30.3 Å². The van der Waals surface area contributed by atoms with E-state index >= 15 is 0 Å². The largest absolute Gasteiger partial charge is 0.393 e. The lowest BCUT2D eigenvalue weighted by Gasteiger charge is -2.38. The van der Waals surface area contributed by atoms with Gasteiger partial charge in [-0.2, -0.15) is 0 Å². The minimum atomic E-state index is -0.403. The number of hydrogen-bond acceptors (Lipinski definition) is 3. The number of carbonyl (C=O) groups is 1. The van der Waals surface area contributed by atoms with E-state index in [4.69, 9.17) is 4.74 Å². The summed E-state index contributed by atoms with van der Waals surface area (Å²) in [6.45, 7) is 7.49. The van der Waals surface area contributed by atoms with Gasteiger partial charge in [0, 0.05) is 19.0 Å². The molecule has 5 heteroatoms. The van der Waals surface area contributed by atoms with Crippen molar-refractivity contribution in [1.82, 2.24) is 10.2 Å². The number of ether oxygens (including phenoxy) is 1. The molecule has 1 aliphatic rings. The Labute approximate surface area is 138 Å². The van der Waals surface area contributed by atoms with Crippen LogP contribution in [-0.4, -0.2) is 54.0 Å². The Bertz CT molecular complexity index is 492. The topological polar surface area (TPSA) is 61.8 Å². The van der Waals surface area contributed by atoms with Crippen molar-refractivity contribution in [2.45, 2.75) is 51.4 Å². The summed E-state index contributed by atoms with van der Waals surface area (Å²) in [6, 6.07) is 10.0. The van der Waals surface area contributed by atoms with Gasteiger partial charge in [0.25, 0.3) is 0 Å². The van der Waals surface area contributed by atoms with E-state index in [2.05, 4.69) is 5.32 Å². The highest BCUT2D eigenvalue weighted by Crippen LogP contribution is 2.21. The summed E-state index contributed by atoms with van der Waals surface area (Å²) in [4.78, 5) is 14.3. The molecular weight excluding hydrogens is 292 g/mol. The first kappa shape index (κ1) is 17.8. The molecule has 2 N–H and O–H groups in total. The molecule has 1 fully saturated rings. The normalized spacial score (nSPS) is 24.1. The van der Waals surface area contributed by atoms with Crippen LogP contribution in [0.1, 0.15) is 38.7 Å². The number of morpholine rings is 1. The molecule has 4 unspecified atom stereocenters. The van der Waals surface area contributed by atoms with Crippen LogP contribution in [0.2, 0.25) is 0 Å². The van der Waals surface area contributed by atoms with Crippen LogP contribution in [0.5, 0.6) is 0 Å². The van der Waals surface area contributed by atoms with Gasteiger partial charge in [-0.05, 0) is 32.8 Å². The molecule has 1 heterocycles. The fraction of sp³-hybridized carbons (Fsp3) is 0.611. The van der Waals surface area contributed by atoms with Crippen LogP contribution >= 0.6 is 0 Å². The lowest BCUT2D eigenvalue weighted by Crippen LogP contribution is -2.54. The number of aliphatic hydroxyl groups excluding tert-OH is 1. The quantitative estimate of drug-likeness (QED) is 0.875. The van der Waals surface area contributed by atoms with E-state index in [1.807, 2.05) is 49.1 Å². The van der Waals surface area contributed by atoms with E-state index in [-0.39, 0.29) is 24.1 Å². The molecule has 5 nitrogen and oxygen atoms in total. The molecule has 0 radical (unpaired) electrons. The Morgan fingerprint density at radius 1 is 1.39 bits per heavy atom. The van der Waals surface area contributed by atoms with Gasteiger partial charge in [-0.25, -0.2) is 4.79 Å². The molecule has 1 aliphatic heterocycles. The molecule has 1 aromatic rings. The number of amides is 2. The lowest BCUT2D eigenvalue weighted by atomic mass is 9.93. The number of carbonyl (C=O) groups excluding carboxylic acids is 1. The summed E-state index contributed by atoms with van der Waals surface area (Å²) in [5, 5.41) is 12.8. The third-order valence-corrected chi connectivity index (χ3v) is 4.54. The second kappa shape index (κ2) is 8.31. The molecule has 0 bridgehead atoms. The number of nitrogens with one attached hydrogen (secondary N) is 1. The Morgan fingerprint density at radius 2 is 2.09 bits per heavy atom. The van der Waals surface area contributed by atoms with Gasteiger partial charge < -0.3 is 20.1 Å². The summed E-state index contributed by atoms with van der Waals surface area (Å²) in [7, 11) is 0. The van der Waals surface area contributed by atoms with Crippen molar-refractivity contribution < 1.29 is 14.6 Å². The minimum absolute atomic E-state index is 0.0527. The molecule has 2 amide bonds. The van der Waals surface area contributed by atoms with Crippen LogP contribution in [0, 0.1) is 0 Å². The number of aliphatic hydroxyl groups is 1. The molecule has 23 heavy (non-hydrogen) atoms. The molecular formula is C18H28N2O3. The van der Waals surface area contributed by atoms with Gasteiger partial charge in [-0.15, -0.1) is 0 Å². The average Bonchev–Trinajstić information content (AvgIpc) is 2.54. The van der Waals surface area contributed by atoms with Gasteiger partial charge in [-0.3, -0.25) is 0 Å². The molecule has 1 aromatic carbocycles. The number of benzene rings is 1. The van der Waals surface area contributed by atoms with E-state index in [0.717, 1.165) is 5.56 Å². The summed E-state index contributed by atoms with van der Waals surface area (Å²) >= 11 is 0. The number of nitrogens with zero attached hydrogens (tertiary/aromatic N) is 1. The van der Waals surface area contributed by atoms with Crippen molar-refractivity contribution in [2.75, 3.05) is 19.7 Å². The number of hydrogen-bond donors (Lipinski definition) is 2. The summed E-state index contributed by atoms with van der Waals surface area (Å²) in [5.41, 5.74) is 1.14. The fourth-order valence-corrected chi connectivity index (χ4v) is 3.01. The van der Waals surface area contributed by atoms with Crippen LogP contribution in [0.3, 0.4) is 0 Å². The first-order valence-corrected chi connectivity index (χ1v) is 8.38. The Balaban J connectivity index is 1.96. The predicted molar refractivity (Wildman–Crippen MR) is 90.5 cm³/mol. The van der Waals surface area contributed by atoms with Gasteiger partial charge >= 0.3 is 6.03 Å². The molecule has 1 saturated heterocycles. The maximum absolute atomic E-state index is 12.5. The second-order valence-corrected chi connectivity index (χ2v) is 6.39. The molecule has 2 rings (SSSR count). The first-order valence-electron chi connectivity index (χ1n) is 8.38. The third kappa shape index (κ3) is 4.94. The maximum Gasteiger partial charge on any atom is 0.317 e. The molecule has 128 valence electrons. The highest BCUT2D eigenvalue weighted by molar-refractivity contribution is 5.74. The number of rotatable bonds is 5. The van der Waals surface area contributed by atoms with Gasteiger partial charge in [0.1, 0.15) is 0 Å². The van der Waals surface area contributed by atoms with Crippen molar-refractivity contribution in [3.63, 3.8) is 0 Å². The Morgan fingerprint density at radius 3 is 2.74 bits per heavy atom. The van der Waals surface area contributed by atoms with Gasteiger partial charge in [-0.1, -0.05) is 30.3 Å². The van der Waals surface area contributed by atoms with Crippen molar-refractivity contribution in [3.05, 3.63) is 35.9 Å².